The molecule has 0 atom stereocenters. The lowest BCUT2D eigenvalue weighted by molar-refractivity contribution is 0.882. The molecule has 0 N–H and O–H groups in total. The van der Waals surface area contributed by atoms with Crippen LogP contribution in [0.25, 0.3) is 11.6 Å². The van der Waals surface area contributed by atoms with Crippen LogP contribution >= 0.6 is 0 Å². The fourth-order valence-corrected chi connectivity index (χ4v) is 5.54. The van der Waals surface area contributed by atoms with E-state index in [2.05, 4.69) is 123 Å². The molecule has 4 heterocycles. The SMILES string of the molecule is Cc1cc(CCc2cccc(CCc3cc(C)nc(-n4c(C)ccc4C)c3)c2)cc(-n2c(C)ccc2C)n1. The second kappa shape index (κ2) is 10.8. The lowest BCUT2D eigenvalue weighted by atomic mass is 9.99. The van der Waals surface area contributed by atoms with Gasteiger partial charge in [0.1, 0.15) is 11.6 Å². The van der Waals surface area contributed by atoms with Gasteiger partial charge >= 0.3 is 0 Å². The Bertz CT molecular complexity index is 1430. The van der Waals surface area contributed by atoms with Crippen LogP contribution in [-0.4, -0.2) is 19.1 Å². The van der Waals surface area contributed by atoms with Gasteiger partial charge in [-0.05, 0) is 138 Å². The molecule has 0 aliphatic carbocycles. The van der Waals surface area contributed by atoms with E-state index in [0.29, 0.717) is 0 Å². The standard InChI is InChI=1S/C34H38N4/c1-23-18-31(21-33(35-23)37-25(3)10-11-26(37)4)16-14-29-8-7-9-30(20-29)15-17-32-19-24(2)36-34(22-32)38-27(5)12-13-28(38)6/h7-13,18-22H,14-17H2,1-6H3. The third-order valence-corrected chi connectivity index (χ3v) is 7.40. The minimum atomic E-state index is 1.00. The van der Waals surface area contributed by atoms with Crippen LogP contribution in [0.5, 0.6) is 0 Å². The number of hydrogen-bond donors (Lipinski definition) is 0. The van der Waals surface area contributed by atoms with Gasteiger partial charge in [-0.25, -0.2) is 9.97 Å². The summed E-state index contributed by atoms with van der Waals surface area (Å²) >= 11 is 0. The Morgan fingerprint density at radius 2 is 0.816 bits per heavy atom. The largest absolute Gasteiger partial charge is 0.303 e. The molecule has 0 fully saturated rings. The van der Waals surface area contributed by atoms with Crippen LogP contribution in [0.4, 0.5) is 0 Å². The summed E-state index contributed by atoms with van der Waals surface area (Å²) in [7, 11) is 0. The van der Waals surface area contributed by atoms with Crippen LogP contribution in [0.2, 0.25) is 0 Å². The van der Waals surface area contributed by atoms with E-state index >= 15 is 0 Å². The highest BCUT2D eigenvalue weighted by atomic mass is 15.1. The van der Waals surface area contributed by atoms with E-state index in [1.54, 1.807) is 0 Å². The quantitative estimate of drug-likeness (QED) is 0.220. The predicted molar refractivity (Wildman–Crippen MR) is 157 cm³/mol. The van der Waals surface area contributed by atoms with Crippen molar-refractivity contribution in [2.24, 2.45) is 0 Å². The number of aryl methyl sites for hydroxylation is 10. The number of rotatable bonds is 8. The second-order valence-electron chi connectivity index (χ2n) is 10.7. The van der Waals surface area contributed by atoms with Crippen LogP contribution in [-0.2, 0) is 25.7 Å². The van der Waals surface area contributed by atoms with Gasteiger partial charge < -0.3 is 9.13 Å². The van der Waals surface area contributed by atoms with E-state index in [4.69, 9.17) is 9.97 Å². The highest BCUT2D eigenvalue weighted by Gasteiger charge is 2.10. The van der Waals surface area contributed by atoms with Crippen LogP contribution in [0.3, 0.4) is 0 Å². The van der Waals surface area contributed by atoms with Gasteiger partial charge in [0.2, 0.25) is 0 Å². The van der Waals surface area contributed by atoms with Crippen molar-refractivity contribution in [1.82, 2.24) is 19.1 Å². The molecule has 1 aromatic carbocycles. The first kappa shape index (κ1) is 25.7. The fourth-order valence-electron chi connectivity index (χ4n) is 5.54. The molecule has 4 nitrogen and oxygen atoms in total. The van der Waals surface area contributed by atoms with E-state index in [1.807, 2.05) is 0 Å². The molecule has 0 amide bonds. The molecular formula is C34H38N4. The summed E-state index contributed by atoms with van der Waals surface area (Å²) in [5.74, 6) is 2.04. The normalized spacial score (nSPS) is 11.3. The van der Waals surface area contributed by atoms with E-state index in [9.17, 15) is 0 Å². The smallest absolute Gasteiger partial charge is 0.137 e. The van der Waals surface area contributed by atoms with Gasteiger partial charge in [0.25, 0.3) is 0 Å². The second-order valence-corrected chi connectivity index (χ2v) is 10.7. The monoisotopic (exact) mass is 502 g/mol. The molecule has 38 heavy (non-hydrogen) atoms. The summed E-state index contributed by atoms with van der Waals surface area (Å²) in [6.45, 7) is 12.7. The molecule has 0 unspecified atom stereocenters. The van der Waals surface area contributed by atoms with Crippen molar-refractivity contribution in [2.45, 2.75) is 67.2 Å². The molecule has 0 aliphatic heterocycles. The molecule has 0 aliphatic rings. The van der Waals surface area contributed by atoms with E-state index in [1.165, 1.54) is 45.0 Å². The van der Waals surface area contributed by atoms with Crippen LogP contribution in [0.15, 0.2) is 72.8 Å². The number of benzene rings is 1. The zero-order valence-electron chi connectivity index (χ0n) is 23.5. The lowest BCUT2D eigenvalue weighted by Gasteiger charge is -2.13. The first-order valence-corrected chi connectivity index (χ1v) is 13.6. The predicted octanol–water partition coefficient (Wildman–Crippen LogP) is 7.48. The van der Waals surface area contributed by atoms with Crippen molar-refractivity contribution in [3.05, 3.63) is 129 Å². The van der Waals surface area contributed by atoms with Gasteiger partial charge in [-0.15, -0.1) is 0 Å². The number of aromatic nitrogens is 4. The maximum absolute atomic E-state index is 4.82. The van der Waals surface area contributed by atoms with Crippen LogP contribution < -0.4 is 0 Å². The molecule has 4 heteroatoms. The van der Waals surface area contributed by atoms with Crippen LogP contribution in [0, 0.1) is 41.5 Å². The minimum absolute atomic E-state index is 1.00. The number of hydrogen-bond acceptors (Lipinski definition) is 2. The fraction of sp³-hybridized carbons (Fsp3) is 0.294. The summed E-state index contributed by atoms with van der Waals surface area (Å²) in [5, 5.41) is 0. The Morgan fingerprint density at radius 1 is 0.447 bits per heavy atom. The topological polar surface area (TPSA) is 35.6 Å². The summed E-state index contributed by atoms with van der Waals surface area (Å²) in [4.78, 5) is 9.63. The van der Waals surface area contributed by atoms with Crippen molar-refractivity contribution >= 4 is 0 Å². The molecular weight excluding hydrogens is 464 g/mol. The Labute approximate surface area is 227 Å². The first-order valence-electron chi connectivity index (χ1n) is 13.6. The Morgan fingerprint density at radius 3 is 1.21 bits per heavy atom. The number of nitrogens with zero attached hydrogens (tertiary/aromatic N) is 4. The van der Waals surface area contributed by atoms with Crippen molar-refractivity contribution in [3.8, 4) is 11.6 Å². The first-order chi connectivity index (χ1) is 18.3. The third kappa shape index (κ3) is 5.65. The van der Waals surface area contributed by atoms with E-state index < -0.39 is 0 Å². The van der Waals surface area contributed by atoms with Crippen molar-refractivity contribution in [3.63, 3.8) is 0 Å². The van der Waals surface area contributed by atoms with Gasteiger partial charge in [-0.3, -0.25) is 0 Å². The lowest BCUT2D eigenvalue weighted by Crippen LogP contribution is -2.05. The molecule has 5 rings (SSSR count). The molecule has 0 bridgehead atoms. The molecule has 194 valence electrons. The van der Waals surface area contributed by atoms with Gasteiger partial charge in [0, 0.05) is 34.2 Å². The maximum atomic E-state index is 4.82. The average Bonchev–Trinajstić information content (AvgIpc) is 3.40. The van der Waals surface area contributed by atoms with Gasteiger partial charge in [-0.2, -0.15) is 0 Å². The molecule has 0 spiro atoms. The zero-order chi connectivity index (χ0) is 26.8. The third-order valence-electron chi connectivity index (χ3n) is 7.40. The Kier molecular flexibility index (Phi) is 7.33. The summed E-state index contributed by atoms with van der Waals surface area (Å²) in [6.07, 6.45) is 4.04. The van der Waals surface area contributed by atoms with E-state index in [-0.39, 0.29) is 0 Å². The molecule has 0 saturated carbocycles. The summed E-state index contributed by atoms with van der Waals surface area (Å²) in [6, 6.07) is 26.6. The molecule has 0 radical (unpaired) electrons. The summed E-state index contributed by atoms with van der Waals surface area (Å²) in [5.41, 5.74) is 12.4. The molecule has 0 saturated heterocycles. The van der Waals surface area contributed by atoms with Crippen molar-refractivity contribution in [1.29, 1.82) is 0 Å². The van der Waals surface area contributed by atoms with Gasteiger partial charge in [0.05, 0.1) is 0 Å². The summed E-state index contributed by atoms with van der Waals surface area (Å²) < 4.78 is 4.48. The van der Waals surface area contributed by atoms with E-state index in [0.717, 1.165) is 48.7 Å². The average molecular weight is 503 g/mol. The highest BCUT2D eigenvalue weighted by Crippen LogP contribution is 2.20. The minimum Gasteiger partial charge on any atom is -0.303 e. The Hall–Kier alpha value is -3.92. The van der Waals surface area contributed by atoms with Gasteiger partial charge in [0.15, 0.2) is 0 Å². The van der Waals surface area contributed by atoms with Gasteiger partial charge in [-0.1, -0.05) is 24.3 Å². The van der Waals surface area contributed by atoms with Crippen molar-refractivity contribution < 1.29 is 0 Å². The highest BCUT2D eigenvalue weighted by molar-refractivity contribution is 5.38. The van der Waals surface area contributed by atoms with Crippen molar-refractivity contribution in [2.75, 3.05) is 0 Å². The molecule has 5 aromatic rings. The maximum Gasteiger partial charge on any atom is 0.137 e. The number of pyridine rings is 2. The molecule has 4 aromatic heterocycles. The van der Waals surface area contributed by atoms with Crippen LogP contribution in [0.1, 0.15) is 56.4 Å². The zero-order valence-corrected chi connectivity index (χ0v) is 23.5. The Balaban J connectivity index is 1.27.